The Balaban J connectivity index is 2.15. The van der Waals surface area contributed by atoms with Gasteiger partial charge in [-0.05, 0) is 23.6 Å². The van der Waals surface area contributed by atoms with E-state index in [1.807, 2.05) is 24.3 Å². The van der Waals surface area contributed by atoms with Gasteiger partial charge in [-0.2, -0.15) is 0 Å². The third-order valence-electron chi connectivity index (χ3n) is 3.01. The maximum Gasteiger partial charge on any atom is 0.0434 e. The number of rotatable bonds is 5. The van der Waals surface area contributed by atoms with Crippen LogP contribution in [0.4, 0.5) is 5.69 Å². The van der Waals surface area contributed by atoms with E-state index in [0.717, 1.165) is 24.2 Å². The van der Waals surface area contributed by atoms with Gasteiger partial charge in [-0.1, -0.05) is 49.4 Å². The van der Waals surface area contributed by atoms with Gasteiger partial charge in [-0.15, -0.1) is 0 Å². The lowest BCUT2D eigenvalue weighted by Gasteiger charge is -2.11. The molecule has 0 bridgehead atoms. The third kappa shape index (κ3) is 2.98. The maximum absolute atomic E-state index is 7.43. The Morgan fingerprint density at radius 1 is 1.06 bits per heavy atom. The zero-order chi connectivity index (χ0) is 12.8. The monoisotopic (exact) mass is 238 g/mol. The van der Waals surface area contributed by atoms with Crippen molar-refractivity contribution in [3.8, 4) is 0 Å². The normalized spacial score (nSPS) is 10.1. The minimum Gasteiger partial charge on any atom is -0.380 e. The number of aryl methyl sites for hydroxylation is 1. The van der Waals surface area contributed by atoms with Gasteiger partial charge in [-0.25, -0.2) is 0 Å². The van der Waals surface area contributed by atoms with Crippen molar-refractivity contribution in [2.45, 2.75) is 19.9 Å². The summed E-state index contributed by atoms with van der Waals surface area (Å²) in [5, 5.41) is 10.8. The minimum atomic E-state index is 0.787. The van der Waals surface area contributed by atoms with Gasteiger partial charge < -0.3 is 10.7 Å². The van der Waals surface area contributed by atoms with E-state index in [1.54, 1.807) is 0 Å². The summed E-state index contributed by atoms with van der Waals surface area (Å²) in [6.45, 7) is 2.93. The fourth-order valence-corrected chi connectivity index (χ4v) is 1.90. The summed E-state index contributed by atoms with van der Waals surface area (Å²) in [7, 11) is 0. The van der Waals surface area contributed by atoms with Crippen LogP contribution in [-0.4, -0.2) is 6.21 Å². The van der Waals surface area contributed by atoms with Crippen LogP contribution in [0.15, 0.2) is 48.5 Å². The van der Waals surface area contributed by atoms with Crippen molar-refractivity contribution in [2.24, 2.45) is 0 Å². The van der Waals surface area contributed by atoms with Crippen molar-refractivity contribution >= 4 is 11.9 Å². The summed E-state index contributed by atoms with van der Waals surface area (Å²) in [5.74, 6) is 0. The summed E-state index contributed by atoms with van der Waals surface area (Å²) < 4.78 is 0. The molecule has 0 saturated carbocycles. The number of hydrogen-bond donors (Lipinski definition) is 2. The first-order valence-corrected chi connectivity index (χ1v) is 6.24. The van der Waals surface area contributed by atoms with Crippen molar-refractivity contribution in [2.75, 3.05) is 5.32 Å². The van der Waals surface area contributed by atoms with Crippen molar-refractivity contribution in [1.29, 1.82) is 5.41 Å². The van der Waals surface area contributed by atoms with Crippen molar-refractivity contribution in [1.82, 2.24) is 0 Å². The van der Waals surface area contributed by atoms with E-state index in [9.17, 15) is 0 Å². The molecule has 2 N–H and O–H groups in total. The zero-order valence-corrected chi connectivity index (χ0v) is 10.6. The van der Waals surface area contributed by atoms with E-state index >= 15 is 0 Å². The highest BCUT2D eigenvalue weighted by Crippen LogP contribution is 2.17. The average Bonchev–Trinajstić information content (AvgIpc) is 2.45. The highest BCUT2D eigenvalue weighted by Gasteiger charge is 2.01. The first-order chi connectivity index (χ1) is 8.83. The van der Waals surface area contributed by atoms with Gasteiger partial charge in [0.05, 0.1) is 0 Å². The summed E-state index contributed by atoms with van der Waals surface area (Å²) >= 11 is 0. The quantitative estimate of drug-likeness (QED) is 0.762. The summed E-state index contributed by atoms with van der Waals surface area (Å²) in [6, 6.07) is 16.5. The van der Waals surface area contributed by atoms with Crippen LogP contribution in [-0.2, 0) is 13.0 Å². The molecule has 0 aliphatic heterocycles. The van der Waals surface area contributed by atoms with Crippen molar-refractivity contribution in [3.05, 3.63) is 65.2 Å². The fourth-order valence-electron chi connectivity index (χ4n) is 1.90. The number of benzene rings is 2. The SMILES string of the molecule is CCc1ccc(C=N)c(NCc2ccccc2)c1. The Bertz CT molecular complexity index is 518. The maximum atomic E-state index is 7.43. The molecule has 0 aromatic heterocycles. The molecule has 0 spiro atoms. The molecule has 0 amide bonds. The van der Waals surface area contributed by atoms with Crippen LogP contribution < -0.4 is 5.32 Å². The molecular weight excluding hydrogens is 220 g/mol. The highest BCUT2D eigenvalue weighted by atomic mass is 14.9. The summed E-state index contributed by atoms with van der Waals surface area (Å²) in [4.78, 5) is 0. The van der Waals surface area contributed by atoms with Crippen LogP contribution in [0.25, 0.3) is 0 Å². The topological polar surface area (TPSA) is 35.9 Å². The number of hydrogen-bond acceptors (Lipinski definition) is 2. The Kier molecular flexibility index (Phi) is 4.13. The molecule has 2 aromatic rings. The van der Waals surface area contributed by atoms with E-state index in [4.69, 9.17) is 5.41 Å². The molecule has 2 nitrogen and oxygen atoms in total. The fraction of sp³-hybridized carbons (Fsp3) is 0.188. The first-order valence-electron chi connectivity index (χ1n) is 6.24. The van der Waals surface area contributed by atoms with Crippen LogP contribution in [0.3, 0.4) is 0 Å². The van der Waals surface area contributed by atoms with E-state index in [-0.39, 0.29) is 0 Å². The van der Waals surface area contributed by atoms with E-state index in [2.05, 4.69) is 36.5 Å². The standard InChI is InChI=1S/C16H18N2/c1-2-13-8-9-15(11-17)16(10-13)18-12-14-6-4-3-5-7-14/h3-11,17-18H,2,12H2,1H3. The average molecular weight is 238 g/mol. The smallest absolute Gasteiger partial charge is 0.0434 e. The minimum absolute atomic E-state index is 0.787. The Hall–Kier alpha value is -2.09. The molecule has 0 fully saturated rings. The summed E-state index contributed by atoms with van der Waals surface area (Å²) in [5.41, 5.74) is 4.50. The van der Waals surface area contributed by atoms with E-state index in [1.165, 1.54) is 17.3 Å². The molecule has 0 atom stereocenters. The Labute approximate surface area is 108 Å². The van der Waals surface area contributed by atoms with E-state index < -0.39 is 0 Å². The number of nitrogens with one attached hydrogen (secondary N) is 2. The van der Waals surface area contributed by atoms with E-state index in [0.29, 0.717) is 0 Å². The van der Waals surface area contributed by atoms with Gasteiger partial charge in [0.1, 0.15) is 0 Å². The lowest BCUT2D eigenvalue weighted by Crippen LogP contribution is -2.02. The second-order valence-electron chi connectivity index (χ2n) is 4.26. The predicted molar refractivity (Wildman–Crippen MR) is 77.5 cm³/mol. The second-order valence-corrected chi connectivity index (χ2v) is 4.26. The Morgan fingerprint density at radius 3 is 2.50 bits per heavy atom. The molecular formula is C16H18N2. The van der Waals surface area contributed by atoms with Gasteiger partial charge in [0.2, 0.25) is 0 Å². The van der Waals surface area contributed by atoms with Crippen molar-refractivity contribution in [3.63, 3.8) is 0 Å². The molecule has 0 aliphatic rings. The zero-order valence-electron chi connectivity index (χ0n) is 10.6. The predicted octanol–water partition coefficient (Wildman–Crippen LogP) is 3.86. The largest absolute Gasteiger partial charge is 0.380 e. The first kappa shape index (κ1) is 12.4. The summed E-state index contributed by atoms with van der Waals surface area (Å²) in [6.07, 6.45) is 2.41. The molecule has 92 valence electrons. The van der Waals surface area contributed by atoms with Gasteiger partial charge in [0.15, 0.2) is 0 Å². The van der Waals surface area contributed by atoms with Gasteiger partial charge >= 0.3 is 0 Å². The third-order valence-corrected chi connectivity index (χ3v) is 3.01. The molecule has 0 saturated heterocycles. The lowest BCUT2D eigenvalue weighted by molar-refractivity contribution is 1.11. The van der Waals surface area contributed by atoms with Gasteiger partial charge in [-0.3, -0.25) is 0 Å². The van der Waals surface area contributed by atoms with Crippen LogP contribution >= 0.6 is 0 Å². The molecule has 0 unspecified atom stereocenters. The number of anilines is 1. The van der Waals surface area contributed by atoms with Gasteiger partial charge in [0.25, 0.3) is 0 Å². The molecule has 0 radical (unpaired) electrons. The highest BCUT2D eigenvalue weighted by molar-refractivity contribution is 5.86. The molecule has 2 aromatic carbocycles. The molecule has 2 heteroatoms. The Morgan fingerprint density at radius 2 is 1.83 bits per heavy atom. The second kappa shape index (κ2) is 6.01. The van der Waals surface area contributed by atoms with Gasteiger partial charge in [0, 0.05) is 24.0 Å². The molecule has 0 heterocycles. The van der Waals surface area contributed by atoms with Crippen LogP contribution in [0.2, 0.25) is 0 Å². The molecule has 18 heavy (non-hydrogen) atoms. The lowest BCUT2D eigenvalue weighted by atomic mass is 10.1. The van der Waals surface area contributed by atoms with Crippen LogP contribution in [0, 0.1) is 5.41 Å². The van der Waals surface area contributed by atoms with Crippen LogP contribution in [0.5, 0.6) is 0 Å². The molecule has 2 rings (SSSR count). The molecule has 0 aliphatic carbocycles. The van der Waals surface area contributed by atoms with Crippen LogP contribution in [0.1, 0.15) is 23.6 Å². The van der Waals surface area contributed by atoms with Crippen molar-refractivity contribution < 1.29 is 0 Å².